The number of carbonyl (C=O) groups is 1. The van der Waals surface area contributed by atoms with Gasteiger partial charge in [-0.3, -0.25) is 9.78 Å². The lowest BCUT2D eigenvalue weighted by Gasteiger charge is -2.10. The maximum atomic E-state index is 12.5. The maximum Gasteiger partial charge on any atom is 0.251 e. The van der Waals surface area contributed by atoms with Crippen molar-refractivity contribution >= 4 is 40.5 Å². The zero-order chi connectivity index (χ0) is 23.6. The van der Waals surface area contributed by atoms with Crippen LogP contribution in [-0.2, 0) is 12.3 Å². The minimum absolute atomic E-state index is 0.0107. The summed E-state index contributed by atoms with van der Waals surface area (Å²) in [4.78, 5) is 21.6. The predicted molar refractivity (Wildman–Crippen MR) is 144 cm³/mol. The third-order valence-corrected chi connectivity index (χ3v) is 7.70. The Morgan fingerprint density at radius 1 is 1.00 bits per heavy atom. The van der Waals surface area contributed by atoms with Gasteiger partial charge in [-0.15, -0.1) is 0 Å². The van der Waals surface area contributed by atoms with Crippen LogP contribution in [0, 0.1) is 0 Å². The molecule has 1 N–H and O–H groups in total. The van der Waals surface area contributed by atoms with Gasteiger partial charge in [-0.2, -0.15) is 11.8 Å². The Balaban J connectivity index is 1.41. The van der Waals surface area contributed by atoms with Gasteiger partial charge in [0.25, 0.3) is 5.91 Å². The van der Waals surface area contributed by atoms with E-state index in [1.54, 1.807) is 18.0 Å². The summed E-state index contributed by atoms with van der Waals surface area (Å²) in [5, 5.41) is 3.99. The topological polar surface area (TPSA) is 59.8 Å². The summed E-state index contributed by atoms with van der Waals surface area (Å²) in [7, 11) is 0. The van der Waals surface area contributed by atoms with Gasteiger partial charge in [-0.1, -0.05) is 61.2 Å². The Labute approximate surface area is 209 Å². The first-order chi connectivity index (χ1) is 16.7. The van der Waals surface area contributed by atoms with Crippen molar-refractivity contribution in [1.29, 1.82) is 0 Å². The zero-order valence-electron chi connectivity index (χ0n) is 19.4. The number of nitrogens with one attached hydrogen (secondary N) is 1. The number of hydrogen-bond donors (Lipinski definition) is 1. The van der Waals surface area contributed by atoms with Gasteiger partial charge < -0.3 is 9.88 Å². The first kappa shape index (κ1) is 24.4. The van der Waals surface area contributed by atoms with Crippen molar-refractivity contribution in [1.82, 2.24) is 19.9 Å². The summed E-state index contributed by atoms with van der Waals surface area (Å²) in [6.07, 6.45) is 5.85. The minimum Gasteiger partial charge on any atom is -0.352 e. The Morgan fingerprint density at radius 3 is 2.62 bits per heavy atom. The normalized spacial score (nSPS) is 11.1. The molecular weight excluding hydrogens is 460 g/mol. The standard InChI is InChI=1S/C27H30N4OS2/c1-2-16-33-17-6-14-29-26(32)23-11-9-21(10-12-23)19-31-25-18-28-15-13-24(25)30-27(31)34-20-22-7-4-3-5-8-22/h3-5,7-13,15,18H,2,6,14,16-17,19-20H2,1H3,(H,29,32). The third-order valence-electron chi connectivity index (χ3n) is 5.38. The second kappa shape index (κ2) is 12.6. The van der Waals surface area contributed by atoms with Gasteiger partial charge in [0, 0.05) is 24.1 Å². The van der Waals surface area contributed by atoms with Crippen LogP contribution in [-0.4, -0.2) is 38.5 Å². The number of imidazole rings is 1. The van der Waals surface area contributed by atoms with E-state index in [0.717, 1.165) is 39.7 Å². The van der Waals surface area contributed by atoms with Crippen LogP contribution in [0.3, 0.4) is 0 Å². The van der Waals surface area contributed by atoms with Gasteiger partial charge in [-0.05, 0) is 53.7 Å². The van der Waals surface area contributed by atoms with Crippen LogP contribution >= 0.6 is 23.5 Å². The number of rotatable bonds is 12. The van der Waals surface area contributed by atoms with Crippen molar-refractivity contribution in [2.75, 3.05) is 18.1 Å². The van der Waals surface area contributed by atoms with Gasteiger partial charge in [0.2, 0.25) is 0 Å². The molecule has 34 heavy (non-hydrogen) atoms. The second-order valence-corrected chi connectivity index (χ2v) is 10.2. The summed E-state index contributed by atoms with van der Waals surface area (Å²) < 4.78 is 2.21. The Morgan fingerprint density at radius 2 is 1.82 bits per heavy atom. The molecule has 0 atom stereocenters. The fraction of sp³-hybridized carbons (Fsp3) is 0.296. The van der Waals surface area contributed by atoms with E-state index in [2.05, 4.69) is 46.1 Å². The highest BCUT2D eigenvalue weighted by Crippen LogP contribution is 2.27. The number of thioether (sulfide) groups is 2. The molecule has 0 fully saturated rings. The average Bonchev–Trinajstić information content (AvgIpc) is 3.23. The van der Waals surface area contributed by atoms with E-state index in [1.807, 2.05) is 54.4 Å². The SMILES string of the molecule is CCCSCCCNC(=O)c1ccc(Cn2c(SCc3ccccc3)nc3ccncc32)cc1. The van der Waals surface area contributed by atoms with Gasteiger partial charge in [0.1, 0.15) is 0 Å². The lowest BCUT2D eigenvalue weighted by Crippen LogP contribution is -2.24. The molecule has 0 aliphatic rings. The van der Waals surface area contributed by atoms with Crippen LogP contribution in [0.4, 0.5) is 0 Å². The molecule has 1 amide bonds. The fourth-order valence-corrected chi connectivity index (χ4v) is 5.41. The van der Waals surface area contributed by atoms with Crippen molar-refractivity contribution in [3.05, 3.63) is 89.7 Å². The number of amides is 1. The van der Waals surface area contributed by atoms with E-state index >= 15 is 0 Å². The predicted octanol–water partition coefficient (Wildman–Crippen LogP) is 6.04. The molecule has 0 aliphatic heterocycles. The summed E-state index contributed by atoms with van der Waals surface area (Å²) in [5.41, 5.74) is 5.04. The Kier molecular flexibility index (Phi) is 9.04. The molecular formula is C27H30N4OS2. The van der Waals surface area contributed by atoms with E-state index in [-0.39, 0.29) is 5.91 Å². The first-order valence-electron chi connectivity index (χ1n) is 11.7. The van der Waals surface area contributed by atoms with Gasteiger partial charge in [-0.25, -0.2) is 4.98 Å². The van der Waals surface area contributed by atoms with Crippen LogP contribution in [0.25, 0.3) is 11.0 Å². The van der Waals surface area contributed by atoms with Crippen molar-refractivity contribution < 1.29 is 4.79 Å². The highest BCUT2D eigenvalue weighted by Gasteiger charge is 2.13. The van der Waals surface area contributed by atoms with E-state index in [1.165, 1.54) is 17.7 Å². The molecule has 0 aliphatic carbocycles. The first-order valence-corrected chi connectivity index (χ1v) is 13.8. The fourth-order valence-electron chi connectivity index (χ4n) is 3.60. The van der Waals surface area contributed by atoms with Crippen molar-refractivity contribution in [3.63, 3.8) is 0 Å². The van der Waals surface area contributed by atoms with E-state index in [4.69, 9.17) is 4.98 Å². The molecule has 0 saturated carbocycles. The number of hydrogen-bond acceptors (Lipinski definition) is 5. The van der Waals surface area contributed by atoms with E-state index in [9.17, 15) is 4.79 Å². The molecule has 176 valence electrons. The molecule has 4 aromatic rings. The molecule has 2 heterocycles. The molecule has 4 rings (SSSR count). The van der Waals surface area contributed by atoms with Gasteiger partial charge >= 0.3 is 0 Å². The highest BCUT2D eigenvalue weighted by molar-refractivity contribution is 7.99. The Bertz CT molecular complexity index is 1190. The second-order valence-electron chi connectivity index (χ2n) is 8.04. The van der Waals surface area contributed by atoms with Crippen LogP contribution < -0.4 is 5.32 Å². The number of carbonyl (C=O) groups excluding carboxylic acids is 1. The largest absolute Gasteiger partial charge is 0.352 e. The molecule has 0 bridgehead atoms. The van der Waals surface area contributed by atoms with Crippen LogP contribution in [0.2, 0.25) is 0 Å². The molecule has 0 spiro atoms. The summed E-state index contributed by atoms with van der Waals surface area (Å²) in [6.45, 7) is 3.58. The maximum absolute atomic E-state index is 12.5. The van der Waals surface area contributed by atoms with E-state index < -0.39 is 0 Å². The van der Waals surface area contributed by atoms with Gasteiger partial charge in [0.15, 0.2) is 5.16 Å². The summed E-state index contributed by atoms with van der Waals surface area (Å²) in [5.74, 6) is 3.12. The highest BCUT2D eigenvalue weighted by atomic mass is 32.2. The number of aromatic nitrogens is 3. The Hall–Kier alpha value is -2.77. The molecule has 2 aromatic carbocycles. The van der Waals surface area contributed by atoms with E-state index in [0.29, 0.717) is 18.7 Å². The van der Waals surface area contributed by atoms with Crippen molar-refractivity contribution in [2.45, 2.75) is 37.2 Å². The smallest absolute Gasteiger partial charge is 0.251 e. The number of benzene rings is 2. The summed E-state index contributed by atoms with van der Waals surface area (Å²) >= 11 is 3.67. The summed E-state index contributed by atoms with van der Waals surface area (Å²) in [6, 6.07) is 20.2. The molecule has 0 radical (unpaired) electrons. The molecule has 5 nitrogen and oxygen atoms in total. The van der Waals surface area contributed by atoms with Crippen LogP contribution in [0.15, 0.2) is 78.2 Å². The zero-order valence-corrected chi connectivity index (χ0v) is 21.1. The van der Waals surface area contributed by atoms with Crippen LogP contribution in [0.1, 0.15) is 41.3 Å². The van der Waals surface area contributed by atoms with Crippen LogP contribution in [0.5, 0.6) is 0 Å². The van der Waals surface area contributed by atoms with Gasteiger partial charge in [0.05, 0.1) is 23.8 Å². The molecule has 0 unspecified atom stereocenters. The lowest BCUT2D eigenvalue weighted by molar-refractivity contribution is 0.0954. The average molecular weight is 491 g/mol. The van der Waals surface area contributed by atoms with Crippen molar-refractivity contribution in [2.24, 2.45) is 0 Å². The quantitative estimate of drug-likeness (QED) is 0.194. The molecule has 0 saturated heterocycles. The third kappa shape index (κ3) is 6.64. The number of fused-ring (bicyclic) bond motifs is 1. The molecule has 2 aromatic heterocycles. The number of nitrogens with zero attached hydrogens (tertiary/aromatic N) is 3. The minimum atomic E-state index is -0.0107. The lowest BCUT2D eigenvalue weighted by atomic mass is 10.1. The monoisotopic (exact) mass is 490 g/mol. The number of pyridine rings is 1. The van der Waals surface area contributed by atoms with Crippen molar-refractivity contribution in [3.8, 4) is 0 Å². The molecule has 7 heteroatoms.